The number of aliphatic hydroxyl groups excluding tert-OH is 13. The molecule has 25 atom stereocenters. The number of ether oxygens (including phenoxy) is 7. The van der Waals surface area contributed by atoms with Gasteiger partial charge in [0, 0.05) is 25.4 Å². The zero-order chi connectivity index (χ0) is 75.9. The number of carbonyl (C=O) groups is 5. The molecule has 0 aliphatic carbocycles. The number of rotatable bonds is 33. The maximum Gasteiger partial charge on any atom is 0.246 e. The van der Waals surface area contributed by atoms with E-state index in [1.807, 2.05) is 18.2 Å². The van der Waals surface area contributed by atoms with E-state index < -0.39 is 227 Å². The quantitative estimate of drug-likeness (QED) is 0.0211. The lowest BCUT2D eigenvalue weighted by Gasteiger charge is -2.46. The van der Waals surface area contributed by atoms with Gasteiger partial charge in [0.25, 0.3) is 0 Å². The molecule has 5 fully saturated rings. The predicted molar refractivity (Wildman–Crippen MR) is 359 cm³/mol. The van der Waals surface area contributed by atoms with Gasteiger partial charge in [-0.2, -0.15) is 0 Å². The molecule has 105 heavy (non-hydrogen) atoms. The molecule has 573 valence electrons. The number of benzene rings is 4. The van der Waals surface area contributed by atoms with Crippen LogP contribution < -0.4 is 57.7 Å². The topological polar surface area (TPSA) is 603 Å². The van der Waals surface area contributed by atoms with Gasteiger partial charge in [0.05, 0.1) is 51.7 Å². The summed E-state index contributed by atoms with van der Waals surface area (Å²) in [4.78, 5) is 84.9. The molecule has 5 amide bonds. The number of amides is 5. The lowest BCUT2D eigenvalue weighted by atomic mass is 9.92. The molecule has 38 nitrogen and oxygen atoms in total. The van der Waals surface area contributed by atoms with Crippen LogP contribution in [0.25, 0.3) is 0 Å². The third-order valence-electron chi connectivity index (χ3n) is 18.4. The first-order valence-electron chi connectivity index (χ1n) is 33.5. The standard InChI is InChI=1S/C67H89N12O26/c1-30(33-8-4-2-5-9-33)45(76-44(84)21-68)60(96)74-38(59(95)77-46(48(85)39-22-71-66(69)75-39)62(98)78-47(61(97)73-34(24-80)25-81)49(86)40-23-72-67(70)79(40)63-55(92)52(89)50(87)41(26-82)102-63)20-31-12-16-37(17-13-31)101-64-57(94)54(91)58(42(27-83)103-64)105-65-56(93)53(90)51(88)43(104-65)29-99-28-32-14-18-36(19-15-32)100-35-10-6-3-7-11-35/h2-19,30,34,38-43,45-58,63-65,80,82-83,85-94H,20-24,26-29,68H2,1H3,(H2,70,72)(H,73,97)(H,74,96)(H,76,84)(H,77,95)(H,78,98)(H3,69,71,75)/t30?,34-,38+,39?,40?,41+,42+,43+,45-,46-,47+,48?,49+,50+,51+,52-,53-,54+,55-,56-,57-,58+,63-,64-,65+/m0/s1. The molecular weight excluding hydrogens is 1390 g/mol. The van der Waals surface area contributed by atoms with Gasteiger partial charge in [0.15, 0.2) is 24.4 Å². The summed E-state index contributed by atoms with van der Waals surface area (Å²) in [5.41, 5.74) is 7.13. The average molecular weight is 1480 g/mol. The van der Waals surface area contributed by atoms with E-state index in [2.05, 4.69) is 42.5 Å². The molecule has 0 bridgehead atoms. The van der Waals surface area contributed by atoms with Gasteiger partial charge < -0.3 is 153 Å². The van der Waals surface area contributed by atoms with Crippen molar-refractivity contribution in [3.8, 4) is 17.2 Å². The fourth-order valence-corrected chi connectivity index (χ4v) is 12.5. The molecule has 25 N–H and O–H groups in total. The lowest BCUT2D eigenvalue weighted by molar-refractivity contribution is -0.353. The van der Waals surface area contributed by atoms with Gasteiger partial charge in [-0.1, -0.05) is 79.7 Å². The molecule has 5 saturated heterocycles. The zero-order valence-electron chi connectivity index (χ0n) is 56.3. The van der Waals surface area contributed by atoms with Gasteiger partial charge in [0.2, 0.25) is 42.1 Å². The molecule has 0 aromatic heterocycles. The highest BCUT2D eigenvalue weighted by Crippen LogP contribution is 2.33. The number of nitrogens with one attached hydrogen (secondary N) is 10. The Hall–Kier alpha value is -8.72. The Morgan fingerprint density at radius 3 is 1.81 bits per heavy atom. The highest BCUT2D eigenvalue weighted by molar-refractivity contribution is 5.97. The maximum absolute atomic E-state index is 15.2. The largest absolute Gasteiger partial charge is 0.462 e. The van der Waals surface area contributed by atoms with Gasteiger partial charge in [-0.05, 0) is 53.1 Å². The van der Waals surface area contributed by atoms with Crippen LogP contribution in [-0.4, -0.2) is 312 Å². The van der Waals surface area contributed by atoms with E-state index in [4.69, 9.17) is 49.7 Å². The number of aliphatic hydroxyl groups is 13. The molecule has 0 saturated carbocycles. The second-order valence-electron chi connectivity index (χ2n) is 25.6. The Kier molecular flexibility index (Phi) is 28.3. The first kappa shape index (κ1) is 80.4. The van der Waals surface area contributed by atoms with Crippen molar-refractivity contribution in [1.82, 2.24) is 47.4 Å². The minimum atomic E-state index is -2.33. The van der Waals surface area contributed by atoms with E-state index in [9.17, 15) is 85.6 Å². The van der Waals surface area contributed by atoms with Crippen LogP contribution in [0.4, 0.5) is 0 Å². The van der Waals surface area contributed by atoms with E-state index in [1.165, 1.54) is 30.6 Å². The summed E-state index contributed by atoms with van der Waals surface area (Å²) in [7, 11) is 0. The average Bonchev–Trinajstić information content (AvgIpc) is 1.76. The van der Waals surface area contributed by atoms with Gasteiger partial charge in [-0.15, -0.1) is 0 Å². The lowest BCUT2D eigenvalue weighted by Crippen LogP contribution is -2.69. The van der Waals surface area contributed by atoms with Crippen molar-refractivity contribution in [3.63, 3.8) is 0 Å². The molecule has 5 aliphatic rings. The van der Waals surface area contributed by atoms with Crippen LogP contribution in [-0.2, 0) is 65.5 Å². The number of nitrogens with zero attached hydrogens (tertiary/aromatic N) is 1. The Morgan fingerprint density at radius 1 is 0.610 bits per heavy atom. The SMILES string of the molecule is CC(c1ccccc1)[C@H](NC(=O)CN)C(=O)N[C@H](Cc1ccc(O[C@H]2O[C@H](CO)[C@@H](O[C@H]3O[C@H](COCc4ccc(Oc5ccccc5)cc4)[C@@H](O)[C@H](O)[C@@H]3O)[C@H](O)[C@@H]2O)cc1)C(=O)N[C@H](C(=O)N[C@@H](C(=O)N[C@H]([C]=O)CO)[C@H](O)C1CNC(=N)N1[C@H]1O[C@H](CO)[C@@H](O)[C@H](O)[C@@H]1O)C(O)C1CNC(=N)N1. The minimum absolute atomic E-state index is 0.0170. The number of hydrogen-bond acceptors (Lipinski definition) is 29. The molecular formula is C67H89N12O26. The van der Waals surface area contributed by atoms with Crippen LogP contribution in [0.15, 0.2) is 109 Å². The molecule has 4 aromatic carbocycles. The second-order valence-corrected chi connectivity index (χ2v) is 25.6. The zero-order valence-corrected chi connectivity index (χ0v) is 56.3. The summed E-state index contributed by atoms with van der Waals surface area (Å²) in [5.74, 6) is -6.62. The Morgan fingerprint density at radius 2 is 1.18 bits per heavy atom. The van der Waals surface area contributed by atoms with Crippen LogP contribution in [0, 0.1) is 10.8 Å². The second kappa shape index (κ2) is 37.0. The normalized spacial score (nSPS) is 29.7. The molecule has 1 radical (unpaired) electrons. The summed E-state index contributed by atoms with van der Waals surface area (Å²) in [6.07, 6.45) is -30.4. The van der Waals surface area contributed by atoms with E-state index in [0.717, 1.165) is 4.90 Å². The fraction of sp³-hybridized carbons (Fsp3) is 0.522. The van der Waals surface area contributed by atoms with Crippen LogP contribution in [0.2, 0.25) is 0 Å². The third kappa shape index (κ3) is 19.7. The number of hydrogen-bond donors (Lipinski definition) is 24. The first-order valence-corrected chi connectivity index (χ1v) is 33.5. The third-order valence-corrected chi connectivity index (χ3v) is 18.4. The van der Waals surface area contributed by atoms with Crippen LogP contribution in [0.1, 0.15) is 29.5 Å². The van der Waals surface area contributed by atoms with Gasteiger partial charge in [0.1, 0.15) is 133 Å². The maximum atomic E-state index is 15.2. The van der Waals surface area contributed by atoms with Crippen molar-refractivity contribution >= 4 is 47.7 Å². The van der Waals surface area contributed by atoms with Gasteiger partial charge >= 0.3 is 0 Å². The summed E-state index contributed by atoms with van der Waals surface area (Å²) in [6.45, 7) is -2.93. The summed E-state index contributed by atoms with van der Waals surface area (Å²) >= 11 is 0. The molecule has 9 rings (SSSR count). The van der Waals surface area contributed by atoms with Gasteiger partial charge in [-0.3, -0.25) is 39.6 Å². The van der Waals surface area contributed by atoms with Gasteiger partial charge in [-0.25, -0.2) is 0 Å². The van der Waals surface area contributed by atoms with Crippen molar-refractivity contribution in [3.05, 3.63) is 126 Å². The van der Waals surface area contributed by atoms with E-state index in [1.54, 1.807) is 73.7 Å². The smallest absolute Gasteiger partial charge is 0.246 e. The predicted octanol–water partition coefficient (Wildman–Crippen LogP) is -9.24. The number of guanidine groups is 2. The Balaban J connectivity index is 0.933. The number of carbonyl (C=O) groups excluding carboxylic acids is 6. The minimum Gasteiger partial charge on any atom is -0.462 e. The highest BCUT2D eigenvalue weighted by Gasteiger charge is 2.54. The van der Waals surface area contributed by atoms with E-state index in [0.29, 0.717) is 22.6 Å². The van der Waals surface area contributed by atoms with Crippen molar-refractivity contribution < 1.29 is 128 Å². The monoisotopic (exact) mass is 1480 g/mol. The summed E-state index contributed by atoms with van der Waals surface area (Å²) in [5, 5.41) is 179. The van der Waals surface area contributed by atoms with Crippen LogP contribution >= 0.6 is 0 Å². The van der Waals surface area contributed by atoms with Crippen LogP contribution in [0.3, 0.4) is 0 Å². The molecule has 0 spiro atoms. The molecule has 38 heteroatoms. The molecule has 5 heterocycles. The van der Waals surface area contributed by atoms with Crippen molar-refractivity contribution in [1.29, 1.82) is 10.8 Å². The van der Waals surface area contributed by atoms with E-state index >= 15 is 9.59 Å². The fourth-order valence-electron chi connectivity index (χ4n) is 12.5. The number of para-hydroxylation sites is 1. The van der Waals surface area contributed by atoms with Crippen molar-refractivity contribution in [2.75, 3.05) is 46.1 Å². The Bertz CT molecular complexity index is 3550. The molecule has 4 unspecified atom stereocenters. The number of nitrogens with two attached hydrogens (primary N) is 1. The molecule has 4 aromatic rings. The van der Waals surface area contributed by atoms with Crippen molar-refractivity contribution in [2.45, 2.75) is 172 Å². The van der Waals surface area contributed by atoms with E-state index in [-0.39, 0.29) is 37.0 Å². The summed E-state index contributed by atoms with van der Waals surface area (Å²) in [6, 6.07) is 17.1. The van der Waals surface area contributed by atoms with Crippen LogP contribution in [0.5, 0.6) is 17.2 Å². The Labute approximate surface area is 599 Å². The summed E-state index contributed by atoms with van der Waals surface area (Å²) < 4.78 is 40.8. The molecule has 5 aliphatic heterocycles. The van der Waals surface area contributed by atoms with Crippen molar-refractivity contribution in [2.24, 2.45) is 5.73 Å². The highest BCUT2D eigenvalue weighted by atomic mass is 16.7. The first-order chi connectivity index (χ1) is 50.3.